The molecule has 2 heterocycles. The fourth-order valence-electron chi connectivity index (χ4n) is 2.75. The van der Waals surface area contributed by atoms with Gasteiger partial charge in [-0.3, -0.25) is 0 Å². The molecule has 1 atom stereocenters. The van der Waals surface area contributed by atoms with Crippen molar-refractivity contribution in [3.63, 3.8) is 0 Å². The molecule has 0 bridgehead atoms. The van der Waals surface area contributed by atoms with E-state index in [-0.39, 0.29) is 0 Å². The highest BCUT2D eigenvalue weighted by atomic mass is 16.4. The zero-order chi connectivity index (χ0) is 14.4. The number of aromatic nitrogens is 1. The molecule has 0 radical (unpaired) electrons. The molecule has 1 aliphatic rings. The molecule has 1 aromatic heterocycles. The molecule has 0 aromatic carbocycles. The number of anilines is 1. The predicted octanol–water partition coefficient (Wildman–Crippen LogP) is 2.09. The quantitative estimate of drug-likeness (QED) is 0.808. The third-order valence-corrected chi connectivity index (χ3v) is 3.89. The molecule has 5 nitrogen and oxygen atoms in total. The molecule has 1 unspecified atom stereocenters. The van der Waals surface area contributed by atoms with E-state index in [1.165, 1.54) is 6.42 Å². The van der Waals surface area contributed by atoms with Crippen LogP contribution >= 0.6 is 0 Å². The molecule has 1 saturated heterocycles. The van der Waals surface area contributed by atoms with Gasteiger partial charge in [-0.15, -0.1) is 0 Å². The minimum atomic E-state index is 0.498. The third kappa shape index (κ3) is 3.96. The van der Waals surface area contributed by atoms with Crippen molar-refractivity contribution in [2.45, 2.75) is 45.7 Å². The van der Waals surface area contributed by atoms with E-state index < -0.39 is 0 Å². The lowest BCUT2D eigenvalue weighted by molar-refractivity contribution is 0.325. The van der Waals surface area contributed by atoms with Crippen molar-refractivity contribution in [1.82, 2.24) is 15.2 Å². The summed E-state index contributed by atoms with van der Waals surface area (Å²) in [6.45, 7) is 9.49. The number of likely N-dealkylation sites (N-methyl/N-ethyl adjacent to an activating group) is 1. The molecule has 2 rings (SSSR count). The number of oxazole rings is 1. The predicted molar refractivity (Wildman–Crippen MR) is 82.0 cm³/mol. The van der Waals surface area contributed by atoms with Crippen molar-refractivity contribution in [2.75, 3.05) is 38.1 Å². The maximum atomic E-state index is 5.71. The third-order valence-electron chi connectivity index (χ3n) is 3.89. The first kappa shape index (κ1) is 15.3. The lowest BCUT2D eigenvalue weighted by Gasteiger charge is -2.28. The molecule has 0 spiro atoms. The Morgan fingerprint density at radius 1 is 1.40 bits per heavy atom. The molecule has 0 amide bonds. The van der Waals surface area contributed by atoms with Gasteiger partial charge >= 0.3 is 0 Å². The van der Waals surface area contributed by atoms with Crippen LogP contribution in [0.5, 0.6) is 0 Å². The van der Waals surface area contributed by atoms with Gasteiger partial charge in [-0.1, -0.05) is 13.8 Å². The van der Waals surface area contributed by atoms with E-state index >= 15 is 0 Å². The van der Waals surface area contributed by atoms with Crippen LogP contribution in [0.25, 0.3) is 0 Å². The van der Waals surface area contributed by atoms with Crippen molar-refractivity contribution < 1.29 is 4.42 Å². The van der Waals surface area contributed by atoms with E-state index in [1.807, 2.05) is 0 Å². The molecule has 1 N–H and O–H groups in total. The van der Waals surface area contributed by atoms with Crippen molar-refractivity contribution >= 4 is 6.01 Å². The molecule has 20 heavy (non-hydrogen) atoms. The summed E-state index contributed by atoms with van der Waals surface area (Å²) in [5.41, 5.74) is 1.00. The standard InChI is InChI=1S/C15H28N4O/c1-4-7-16-10-13-12-20-15(17-13)19-9-6-8-18(3)11-14(19)5-2/h12,14,16H,4-11H2,1-3H3. The number of rotatable bonds is 6. The Kier molecular flexibility index (Phi) is 5.86. The molecule has 1 aliphatic heterocycles. The topological polar surface area (TPSA) is 44.5 Å². The van der Waals surface area contributed by atoms with Crippen LogP contribution in [0.3, 0.4) is 0 Å². The van der Waals surface area contributed by atoms with Gasteiger partial charge in [0.1, 0.15) is 6.26 Å². The van der Waals surface area contributed by atoms with Crippen molar-refractivity contribution in [3.05, 3.63) is 12.0 Å². The van der Waals surface area contributed by atoms with Gasteiger partial charge in [0.05, 0.1) is 5.69 Å². The summed E-state index contributed by atoms with van der Waals surface area (Å²) < 4.78 is 5.71. The van der Waals surface area contributed by atoms with Crippen LogP contribution < -0.4 is 10.2 Å². The van der Waals surface area contributed by atoms with E-state index in [4.69, 9.17) is 4.42 Å². The zero-order valence-corrected chi connectivity index (χ0v) is 13.1. The van der Waals surface area contributed by atoms with Gasteiger partial charge in [-0.25, -0.2) is 0 Å². The molecule has 5 heteroatoms. The van der Waals surface area contributed by atoms with Crippen LogP contribution in [0.4, 0.5) is 6.01 Å². The number of hydrogen-bond donors (Lipinski definition) is 1. The van der Waals surface area contributed by atoms with Gasteiger partial charge in [0, 0.05) is 25.7 Å². The van der Waals surface area contributed by atoms with Gasteiger partial charge in [0.15, 0.2) is 0 Å². The van der Waals surface area contributed by atoms with E-state index in [0.29, 0.717) is 6.04 Å². The monoisotopic (exact) mass is 280 g/mol. The number of hydrogen-bond acceptors (Lipinski definition) is 5. The van der Waals surface area contributed by atoms with Crippen LogP contribution in [0.2, 0.25) is 0 Å². The van der Waals surface area contributed by atoms with E-state index in [2.05, 4.69) is 41.0 Å². The lowest BCUT2D eigenvalue weighted by Crippen LogP contribution is -2.40. The highest BCUT2D eigenvalue weighted by molar-refractivity contribution is 5.29. The van der Waals surface area contributed by atoms with Gasteiger partial charge < -0.3 is 19.5 Å². The van der Waals surface area contributed by atoms with Gasteiger partial charge in [-0.2, -0.15) is 4.98 Å². The highest BCUT2D eigenvalue weighted by Gasteiger charge is 2.25. The first-order valence-corrected chi connectivity index (χ1v) is 7.84. The number of nitrogens with one attached hydrogen (secondary N) is 1. The van der Waals surface area contributed by atoms with E-state index in [9.17, 15) is 0 Å². The molecule has 1 aromatic rings. The zero-order valence-electron chi connectivity index (χ0n) is 13.1. The molecular weight excluding hydrogens is 252 g/mol. The Balaban J connectivity index is 2.01. The Morgan fingerprint density at radius 3 is 3.00 bits per heavy atom. The summed E-state index contributed by atoms with van der Waals surface area (Å²) in [4.78, 5) is 9.39. The smallest absolute Gasteiger partial charge is 0.297 e. The van der Waals surface area contributed by atoms with Crippen LogP contribution in [0.15, 0.2) is 10.7 Å². The summed E-state index contributed by atoms with van der Waals surface area (Å²) in [6, 6.07) is 1.29. The summed E-state index contributed by atoms with van der Waals surface area (Å²) in [5.74, 6) is 0. The van der Waals surface area contributed by atoms with E-state index in [0.717, 1.165) is 57.3 Å². The largest absolute Gasteiger partial charge is 0.432 e. The SMILES string of the molecule is CCCNCc1coc(N2CCCN(C)CC2CC)n1. The number of nitrogens with zero attached hydrogens (tertiary/aromatic N) is 3. The normalized spacial score (nSPS) is 21.1. The summed E-state index contributed by atoms with van der Waals surface area (Å²) >= 11 is 0. The average Bonchev–Trinajstić information content (AvgIpc) is 2.82. The second-order valence-corrected chi connectivity index (χ2v) is 5.67. The van der Waals surface area contributed by atoms with Gasteiger partial charge in [0.25, 0.3) is 6.01 Å². The molecule has 1 fully saturated rings. The highest BCUT2D eigenvalue weighted by Crippen LogP contribution is 2.21. The second-order valence-electron chi connectivity index (χ2n) is 5.67. The maximum absolute atomic E-state index is 5.71. The summed E-state index contributed by atoms with van der Waals surface area (Å²) in [5, 5.41) is 3.36. The molecule has 0 aliphatic carbocycles. The van der Waals surface area contributed by atoms with Crippen molar-refractivity contribution in [3.8, 4) is 0 Å². The van der Waals surface area contributed by atoms with Crippen LogP contribution in [-0.2, 0) is 6.54 Å². The minimum absolute atomic E-state index is 0.498. The van der Waals surface area contributed by atoms with Crippen LogP contribution in [0.1, 0.15) is 38.8 Å². The molecule has 114 valence electrons. The first-order chi connectivity index (χ1) is 9.74. The molecule has 0 saturated carbocycles. The Hall–Kier alpha value is -1.07. The van der Waals surface area contributed by atoms with Crippen molar-refractivity contribution in [2.24, 2.45) is 0 Å². The fourth-order valence-corrected chi connectivity index (χ4v) is 2.75. The van der Waals surface area contributed by atoms with Gasteiger partial charge in [0.2, 0.25) is 0 Å². The van der Waals surface area contributed by atoms with Crippen LogP contribution in [0, 0.1) is 0 Å². The van der Waals surface area contributed by atoms with E-state index in [1.54, 1.807) is 6.26 Å². The van der Waals surface area contributed by atoms with Crippen molar-refractivity contribution in [1.29, 1.82) is 0 Å². The Labute approximate surface area is 122 Å². The first-order valence-electron chi connectivity index (χ1n) is 7.84. The Bertz CT molecular complexity index is 393. The Morgan fingerprint density at radius 2 is 2.25 bits per heavy atom. The lowest BCUT2D eigenvalue weighted by atomic mass is 10.2. The average molecular weight is 280 g/mol. The maximum Gasteiger partial charge on any atom is 0.297 e. The minimum Gasteiger partial charge on any atom is -0.432 e. The summed E-state index contributed by atoms with van der Waals surface area (Å²) in [7, 11) is 2.20. The second kappa shape index (κ2) is 7.64. The molecular formula is C15H28N4O. The van der Waals surface area contributed by atoms with Gasteiger partial charge in [-0.05, 0) is 39.4 Å². The van der Waals surface area contributed by atoms with Crippen LogP contribution in [-0.4, -0.2) is 49.2 Å². The fraction of sp³-hybridized carbons (Fsp3) is 0.800. The summed E-state index contributed by atoms with van der Waals surface area (Å²) in [6.07, 6.45) is 5.22.